The Morgan fingerprint density at radius 3 is 2.68 bits per heavy atom. The van der Waals surface area contributed by atoms with Crippen LogP contribution >= 0.6 is 0 Å². The van der Waals surface area contributed by atoms with E-state index >= 15 is 0 Å². The third kappa shape index (κ3) is 4.20. The van der Waals surface area contributed by atoms with Gasteiger partial charge in [0.1, 0.15) is 5.82 Å². The van der Waals surface area contributed by atoms with Gasteiger partial charge in [-0.15, -0.1) is 0 Å². The van der Waals surface area contributed by atoms with Gasteiger partial charge in [0, 0.05) is 37.0 Å². The average molecular weight is 342 g/mol. The minimum Gasteiger partial charge on any atom is -0.341 e. The molecule has 2 heterocycles. The van der Waals surface area contributed by atoms with Gasteiger partial charge in [0.2, 0.25) is 5.91 Å². The summed E-state index contributed by atoms with van der Waals surface area (Å²) in [7, 11) is 3.79. The first-order valence-corrected chi connectivity index (χ1v) is 8.54. The van der Waals surface area contributed by atoms with E-state index in [2.05, 4.69) is 9.97 Å². The molecule has 0 radical (unpaired) electrons. The second-order valence-corrected chi connectivity index (χ2v) is 6.71. The van der Waals surface area contributed by atoms with Gasteiger partial charge in [-0.3, -0.25) is 14.8 Å². The molecule has 0 aliphatic carbocycles. The van der Waals surface area contributed by atoms with Crippen LogP contribution in [0.3, 0.4) is 0 Å². The average Bonchev–Trinajstić information content (AvgIpc) is 2.62. The molecule has 0 N–H and O–H groups in total. The van der Waals surface area contributed by atoms with Crippen LogP contribution in [0.5, 0.6) is 0 Å². The molecule has 6 heteroatoms. The van der Waals surface area contributed by atoms with Crippen molar-refractivity contribution in [1.29, 1.82) is 0 Å². The van der Waals surface area contributed by atoms with Crippen molar-refractivity contribution in [3.05, 3.63) is 48.2 Å². The molecule has 132 valence electrons. The summed E-state index contributed by atoms with van der Waals surface area (Å²) >= 11 is 0. The van der Waals surface area contributed by atoms with E-state index in [1.54, 1.807) is 24.5 Å². The van der Waals surface area contributed by atoms with Gasteiger partial charge in [0.15, 0.2) is 0 Å². The molecular formula is C19H23FN4O. The van der Waals surface area contributed by atoms with Crippen molar-refractivity contribution >= 4 is 5.91 Å². The second-order valence-electron chi connectivity index (χ2n) is 6.71. The van der Waals surface area contributed by atoms with Crippen molar-refractivity contribution in [3.8, 4) is 11.3 Å². The molecule has 1 aromatic heterocycles. The van der Waals surface area contributed by atoms with E-state index in [1.165, 1.54) is 12.1 Å². The number of nitrogens with zero attached hydrogens (tertiary/aromatic N) is 4. The first-order chi connectivity index (χ1) is 12.0. The smallest absolute Gasteiger partial charge is 0.236 e. The number of benzene rings is 1. The fraction of sp³-hybridized carbons (Fsp3) is 0.421. The molecule has 0 saturated carbocycles. The van der Waals surface area contributed by atoms with Gasteiger partial charge in [-0.25, -0.2) is 4.39 Å². The number of piperidine rings is 1. The van der Waals surface area contributed by atoms with E-state index in [0.29, 0.717) is 13.1 Å². The first kappa shape index (κ1) is 17.5. The number of hydrogen-bond donors (Lipinski definition) is 0. The number of likely N-dealkylation sites (N-methyl/N-ethyl adjacent to an activating group) is 1. The lowest BCUT2D eigenvalue weighted by Gasteiger charge is -2.33. The SMILES string of the molecule is CN(C)CC(=O)N1CCC[C@H](c2nccnc2-c2ccc(F)cc2)C1. The molecule has 5 nitrogen and oxygen atoms in total. The van der Waals surface area contributed by atoms with Crippen LogP contribution in [0.2, 0.25) is 0 Å². The van der Waals surface area contributed by atoms with Crippen LogP contribution < -0.4 is 0 Å². The van der Waals surface area contributed by atoms with Gasteiger partial charge in [0.05, 0.1) is 17.9 Å². The largest absolute Gasteiger partial charge is 0.341 e. The third-order valence-electron chi connectivity index (χ3n) is 4.46. The summed E-state index contributed by atoms with van der Waals surface area (Å²) in [6, 6.07) is 6.31. The van der Waals surface area contributed by atoms with Crippen LogP contribution in [-0.2, 0) is 4.79 Å². The molecule has 1 atom stereocenters. The zero-order valence-electron chi connectivity index (χ0n) is 14.7. The quantitative estimate of drug-likeness (QED) is 0.857. The van der Waals surface area contributed by atoms with E-state index in [9.17, 15) is 9.18 Å². The maximum Gasteiger partial charge on any atom is 0.236 e. The molecule has 2 aromatic rings. The predicted molar refractivity (Wildman–Crippen MR) is 94.5 cm³/mol. The number of rotatable bonds is 4. The van der Waals surface area contributed by atoms with Crippen LogP contribution in [0, 0.1) is 5.82 Å². The fourth-order valence-electron chi connectivity index (χ4n) is 3.28. The highest BCUT2D eigenvalue weighted by atomic mass is 19.1. The Morgan fingerprint density at radius 2 is 1.96 bits per heavy atom. The van der Waals surface area contributed by atoms with Gasteiger partial charge in [-0.1, -0.05) is 0 Å². The van der Waals surface area contributed by atoms with Crippen molar-refractivity contribution in [1.82, 2.24) is 19.8 Å². The van der Waals surface area contributed by atoms with Crippen molar-refractivity contribution in [2.75, 3.05) is 33.7 Å². The Hall–Kier alpha value is -2.34. The van der Waals surface area contributed by atoms with E-state index in [-0.39, 0.29) is 17.6 Å². The van der Waals surface area contributed by atoms with Crippen LogP contribution in [0.25, 0.3) is 11.3 Å². The van der Waals surface area contributed by atoms with Gasteiger partial charge in [-0.05, 0) is 51.2 Å². The van der Waals surface area contributed by atoms with Gasteiger partial charge in [0.25, 0.3) is 0 Å². The molecule has 1 aliphatic heterocycles. The highest BCUT2D eigenvalue weighted by molar-refractivity contribution is 5.78. The number of hydrogen-bond acceptors (Lipinski definition) is 4. The molecular weight excluding hydrogens is 319 g/mol. The lowest BCUT2D eigenvalue weighted by atomic mass is 9.91. The molecule has 0 unspecified atom stereocenters. The first-order valence-electron chi connectivity index (χ1n) is 8.54. The molecule has 25 heavy (non-hydrogen) atoms. The minimum absolute atomic E-state index is 0.141. The number of carbonyl (C=O) groups excluding carboxylic acids is 1. The maximum atomic E-state index is 13.2. The maximum absolute atomic E-state index is 13.2. The zero-order chi connectivity index (χ0) is 17.8. The minimum atomic E-state index is -0.271. The Bertz CT molecular complexity index is 732. The summed E-state index contributed by atoms with van der Waals surface area (Å²) in [4.78, 5) is 25.2. The molecule has 1 saturated heterocycles. The summed E-state index contributed by atoms with van der Waals surface area (Å²) in [5.74, 6) is 0.0165. The van der Waals surface area contributed by atoms with E-state index in [0.717, 1.165) is 36.3 Å². The highest BCUT2D eigenvalue weighted by Gasteiger charge is 2.28. The Labute approximate surface area is 147 Å². The van der Waals surface area contributed by atoms with Crippen LogP contribution in [0.1, 0.15) is 24.5 Å². The van der Waals surface area contributed by atoms with Crippen LogP contribution in [0.4, 0.5) is 4.39 Å². The van der Waals surface area contributed by atoms with E-state index in [4.69, 9.17) is 0 Å². The standard InChI is InChI=1S/C19H23FN4O/c1-23(2)13-17(25)24-11-3-4-15(12-24)19-18(21-9-10-22-19)14-5-7-16(20)8-6-14/h5-10,15H,3-4,11-13H2,1-2H3/t15-/m0/s1. The molecule has 1 aromatic carbocycles. The second kappa shape index (κ2) is 7.70. The number of amides is 1. The number of aromatic nitrogens is 2. The number of carbonyl (C=O) groups is 1. The molecule has 0 bridgehead atoms. The summed E-state index contributed by atoms with van der Waals surface area (Å²) in [5, 5.41) is 0. The zero-order valence-corrected chi connectivity index (χ0v) is 14.7. The topological polar surface area (TPSA) is 49.3 Å². The van der Waals surface area contributed by atoms with Crippen molar-refractivity contribution in [3.63, 3.8) is 0 Å². The van der Waals surface area contributed by atoms with Crippen LogP contribution in [-0.4, -0.2) is 59.4 Å². The fourth-order valence-corrected chi connectivity index (χ4v) is 3.28. The monoisotopic (exact) mass is 342 g/mol. The van der Waals surface area contributed by atoms with Crippen molar-refractivity contribution < 1.29 is 9.18 Å². The third-order valence-corrected chi connectivity index (χ3v) is 4.46. The number of halogens is 1. The van der Waals surface area contributed by atoms with Crippen molar-refractivity contribution in [2.24, 2.45) is 0 Å². The van der Waals surface area contributed by atoms with Crippen molar-refractivity contribution in [2.45, 2.75) is 18.8 Å². The predicted octanol–water partition coefficient (Wildman–Crippen LogP) is 2.55. The highest BCUT2D eigenvalue weighted by Crippen LogP contribution is 2.31. The van der Waals surface area contributed by atoms with Gasteiger partial charge >= 0.3 is 0 Å². The Kier molecular flexibility index (Phi) is 5.38. The summed E-state index contributed by atoms with van der Waals surface area (Å²) < 4.78 is 13.2. The molecule has 0 spiro atoms. The Morgan fingerprint density at radius 1 is 1.24 bits per heavy atom. The molecule has 3 rings (SSSR count). The molecule has 1 amide bonds. The lowest BCUT2D eigenvalue weighted by Crippen LogP contribution is -2.43. The van der Waals surface area contributed by atoms with Gasteiger partial charge < -0.3 is 9.80 Å². The summed E-state index contributed by atoms with van der Waals surface area (Å²) in [5.41, 5.74) is 2.51. The number of likely N-dealkylation sites (tertiary alicyclic amines) is 1. The van der Waals surface area contributed by atoms with Crippen LogP contribution in [0.15, 0.2) is 36.7 Å². The van der Waals surface area contributed by atoms with E-state index in [1.807, 2.05) is 23.9 Å². The van der Waals surface area contributed by atoms with Gasteiger partial charge in [-0.2, -0.15) is 0 Å². The molecule has 1 aliphatic rings. The summed E-state index contributed by atoms with van der Waals surface area (Å²) in [6.45, 7) is 1.85. The molecule has 1 fully saturated rings. The normalized spacial score (nSPS) is 17.8. The summed E-state index contributed by atoms with van der Waals surface area (Å²) in [6.07, 6.45) is 5.25. The lowest BCUT2D eigenvalue weighted by molar-refractivity contribution is -0.133. The van der Waals surface area contributed by atoms with E-state index < -0.39 is 0 Å². The Balaban J connectivity index is 1.84.